The smallest absolute Gasteiger partial charge is 0.0997 e. The Hall–Kier alpha value is 0.0700. The Labute approximate surface area is 89.8 Å². The lowest BCUT2D eigenvalue weighted by Gasteiger charge is -2.34. The zero-order chi connectivity index (χ0) is 10.8. The van der Waals surface area contributed by atoms with Crippen LogP contribution in [0.2, 0.25) is 0 Å². The fourth-order valence-electron chi connectivity index (χ4n) is 1.74. The number of piperidine rings is 1. The number of nitrogens with one attached hydrogen (secondary N) is 1. The van der Waals surface area contributed by atoms with Crippen LogP contribution < -0.4 is 5.32 Å². The summed E-state index contributed by atoms with van der Waals surface area (Å²) in [5.41, 5.74) is 0. The summed E-state index contributed by atoms with van der Waals surface area (Å²) in [5.74, 6) is 0. The van der Waals surface area contributed by atoms with Crippen LogP contribution in [0, 0.1) is 0 Å². The maximum atomic E-state index is 12.1. The fraction of sp³-hybridized carbons (Fsp3) is 1.00. The summed E-state index contributed by atoms with van der Waals surface area (Å²) in [6.45, 7) is 8.19. The summed E-state index contributed by atoms with van der Waals surface area (Å²) in [7, 11) is 1.11. The van der Waals surface area contributed by atoms with Crippen molar-refractivity contribution in [3.05, 3.63) is 0 Å². The monoisotopic (exact) mass is 218 g/mol. The molecular weight excluding hydrogens is 196 g/mol. The molecule has 1 fully saturated rings. The zero-order valence-electron chi connectivity index (χ0n) is 9.67. The second-order valence-electron chi connectivity index (χ2n) is 4.89. The molecule has 14 heavy (non-hydrogen) atoms. The van der Waals surface area contributed by atoms with Gasteiger partial charge in [-0.25, -0.2) is 8.51 Å². The van der Waals surface area contributed by atoms with Crippen LogP contribution in [0.1, 0.15) is 33.6 Å². The highest BCUT2D eigenvalue weighted by molar-refractivity contribution is 7.84. The van der Waals surface area contributed by atoms with Gasteiger partial charge in [0.25, 0.3) is 0 Å². The van der Waals surface area contributed by atoms with Crippen LogP contribution in [-0.4, -0.2) is 39.4 Å². The average Bonchev–Trinajstić information content (AvgIpc) is 2.15. The van der Waals surface area contributed by atoms with Crippen molar-refractivity contribution in [3.8, 4) is 0 Å². The largest absolute Gasteiger partial charge is 0.317 e. The summed E-state index contributed by atoms with van der Waals surface area (Å²) >= 11 is 0. The van der Waals surface area contributed by atoms with Crippen molar-refractivity contribution in [2.45, 2.75) is 44.4 Å². The second kappa shape index (κ2) is 4.73. The van der Waals surface area contributed by atoms with Gasteiger partial charge in [-0.15, -0.1) is 0 Å². The Morgan fingerprint density at radius 1 is 1.29 bits per heavy atom. The number of hydrogen-bond donors (Lipinski definition) is 1. The quantitative estimate of drug-likeness (QED) is 0.753. The minimum Gasteiger partial charge on any atom is -0.317 e. The summed E-state index contributed by atoms with van der Waals surface area (Å²) in [5, 5.41) is 3.32. The van der Waals surface area contributed by atoms with E-state index in [1.165, 1.54) is 0 Å². The molecule has 1 unspecified atom stereocenters. The third-order valence-corrected chi connectivity index (χ3v) is 4.48. The minimum atomic E-state index is -0.874. The molecule has 1 saturated heterocycles. The average molecular weight is 218 g/mol. The molecule has 0 aliphatic carbocycles. The van der Waals surface area contributed by atoms with Gasteiger partial charge in [-0.05, 0) is 46.7 Å². The van der Waals surface area contributed by atoms with Crippen LogP contribution in [0.4, 0.5) is 0 Å². The third-order valence-electron chi connectivity index (χ3n) is 2.61. The van der Waals surface area contributed by atoms with Crippen LogP contribution >= 0.6 is 0 Å². The number of rotatable bonds is 2. The van der Waals surface area contributed by atoms with Crippen LogP contribution in [0.3, 0.4) is 0 Å². The van der Waals surface area contributed by atoms with E-state index in [2.05, 4.69) is 5.32 Å². The topological polar surface area (TPSA) is 32.3 Å². The molecule has 84 valence electrons. The Kier molecular flexibility index (Phi) is 4.10. The van der Waals surface area contributed by atoms with Crippen molar-refractivity contribution in [2.24, 2.45) is 0 Å². The first-order valence-corrected chi connectivity index (χ1v) is 6.39. The van der Waals surface area contributed by atoms with E-state index in [9.17, 15) is 4.21 Å². The fourth-order valence-corrected chi connectivity index (χ4v) is 3.08. The third kappa shape index (κ3) is 3.04. The van der Waals surface area contributed by atoms with E-state index < -0.39 is 11.0 Å². The van der Waals surface area contributed by atoms with Crippen LogP contribution in [0.25, 0.3) is 0 Å². The summed E-state index contributed by atoms with van der Waals surface area (Å²) < 4.78 is 14.0. The van der Waals surface area contributed by atoms with Crippen molar-refractivity contribution >= 4 is 11.0 Å². The Balaban J connectivity index is 2.55. The van der Waals surface area contributed by atoms with Crippen molar-refractivity contribution in [1.29, 1.82) is 0 Å². The molecule has 1 N–H and O–H groups in total. The van der Waals surface area contributed by atoms with Gasteiger partial charge in [-0.1, -0.05) is 0 Å². The highest BCUT2D eigenvalue weighted by Crippen LogP contribution is 2.19. The predicted octanol–water partition coefficient (Wildman–Crippen LogP) is 1.13. The summed E-state index contributed by atoms with van der Waals surface area (Å²) in [6.07, 6.45) is 2.22. The highest BCUT2D eigenvalue weighted by atomic mass is 32.2. The van der Waals surface area contributed by atoms with E-state index in [0.717, 1.165) is 25.9 Å². The van der Waals surface area contributed by atoms with Crippen molar-refractivity contribution in [3.63, 3.8) is 0 Å². The van der Waals surface area contributed by atoms with Crippen LogP contribution in [-0.2, 0) is 11.0 Å². The van der Waals surface area contributed by atoms with Crippen LogP contribution in [0.5, 0.6) is 0 Å². The molecule has 0 amide bonds. The van der Waals surface area contributed by atoms with Gasteiger partial charge in [0.15, 0.2) is 0 Å². The standard InChI is InChI=1S/C10H22N2OS/c1-10(2,3)14(13)12(4)9-5-7-11-8-6-9/h9,11H,5-8H2,1-4H3. The van der Waals surface area contributed by atoms with Crippen molar-refractivity contribution in [2.75, 3.05) is 20.1 Å². The maximum absolute atomic E-state index is 12.1. The SMILES string of the molecule is CN(C1CCNCC1)S(=O)C(C)(C)C. The molecule has 0 radical (unpaired) electrons. The van der Waals surface area contributed by atoms with Crippen LogP contribution in [0.15, 0.2) is 0 Å². The molecule has 0 aromatic rings. The summed E-state index contributed by atoms with van der Waals surface area (Å²) in [4.78, 5) is 0. The van der Waals surface area contributed by atoms with E-state index in [4.69, 9.17) is 0 Å². The second-order valence-corrected chi connectivity index (χ2v) is 7.19. The molecule has 1 aliphatic heterocycles. The minimum absolute atomic E-state index is 0.139. The maximum Gasteiger partial charge on any atom is 0.0997 e. The molecule has 1 atom stereocenters. The van der Waals surface area contributed by atoms with Crippen molar-refractivity contribution < 1.29 is 4.21 Å². The molecule has 0 saturated carbocycles. The highest BCUT2D eigenvalue weighted by Gasteiger charge is 2.29. The Morgan fingerprint density at radius 3 is 2.21 bits per heavy atom. The van der Waals surface area contributed by atoms with Gasteiger partial charge in [0, 0.05) is 13.1 Å². The number of nitrogens with zero attached hydrogens (tertiary/aromatic N) is 1. The first kappa shape index (κ1) is 12.1. The first-order valence-electron chi connectivity index (χ1n) is 5.28. The zero-order valence-corrected chi connectivity index (χ0v) is 10.5. The van der Waals surface area contributed by atoms with Gasteiger partial charge in [0.05, 0.1) is 15.7 Å². The van der Waals surface area contributed by atoms with Gasteiger partial charge >= 0.3 is 0 Å². The van der Waals surface area contributed by atoms with Crippen molar-refractivity contribution in [1.82, 2.24) is 9.62 Å². The van der Waals surface area contributed by atoms with Gasteiger partial charge in [0.1, 0.15) is 0 Å². The summed E-state index contributed by atoms with van der Waals surface area (Å²) in [6, 6.07) is 0.483. The van der Waals surface area contributed by atoms with E-state index in [1.54, 1.807) is 0 Å². The van der Waals surface area contributed by atoms with E-state index in [0.29, 0.717) is 6.04 Å². The molecular formula is C10H22N2OS. The van der Waals surface area contributed by atoms with E-state index in [1.807, 2.05) is 32.1 Å². The molecule has 3 nitrogen and oxygen atoms in total. The van der Waals surface area contributed by atoms with Gasteiger partial charge in [-0.3, -0.25) is 0 Å². The lowest BCUT2D eigenvalue weighted by Crippen LogP contribution is -2.46. The van der Waals surface area contributed by atoms with Gasteiger partial charge in [-0.2, -0.15) is 0 Å². The lowest BCUT2D eigenvalue weighted by molar-refractivity contribution is 0.304. The first-order chi connectivity index (χ1) is 6.43. The Morgan fingerprint density at radius 2 is 1.79 bits per heavy atom. The molecule has 0 bridgehead atoms. The predicted molar refractivity (Wildman–Crippen MR) is 61.6 cm³/mol. The van der Waals surface area contributed by atoms with E-state index >= 15 is 0 Å². The molecule has 0 aromatic heterocycles. The number of hydrogen-bond acceptors (Lipinski definition) is 2. The van der Waals surface area contributed by atoms with Gasteiger partial charge in [0.2, 0.25) is 0 Å². The molecule has 1 rings (SSSR count). The normalized spacial score (nSPS) is 22.6. The molecule has 4 heteroatoms. The van der Waals surface area contributed by atoms with Gasteiger partial charge < -0.3 is 5.32 Å². The molecule has 0 aromatic carbocycles. The van der Waals surface area contributed by atoms with E-state index in [-0.39, 0.29) is 4.75 Å². The lowest BCUT2D eigenvalue weighted by atomic mass is 10.1. The molecule has 1 heterocycles. The Bertz CT molecular complexity index is 207. The molecule has 1 aliphatic rings. The molecule has 0 spiro atoms.